The zero-order valence-electron chi connectivity index (χ0n) is 23.6. The molecule has 6 rings (SSSR count). The first-order chi connectivity index (χ1) is 19.5. The summed E-state index contributed by atoms with van der Waals surface area (Å²) in [5, 5.41) is 10.5. The number of fused-ring (bicyclic) bond motifs is 1. The van der Waals surface area contributed by atoms with Gasteiger partial charge in [-0.2, -0.15) is 5.26 Å². The number of imidazole rings is 1. The van der Waals surface area contributed by atoms with Gasteiger partial charge in [0.1, 0.15) is 33.9 Å². The maximum atomic E-state index is 13.5. The van der Waals surface area contributed by atoms with Crippen LogP contribution in [0.3, 0.4) is 0 Å². The highest BCUT2D eigenvalue weighted by Gasteiger charge is 2.48. The van der Waals surface area contributed by atoms with Gasteiger partial charge < -0.3 is 9.80 Å². The van der Waals surface area contributed by atoms with Crippen LogP contribution in [0.4, 0.5) is 21.0 Å². The third-order valence-electron chi connectivity index (χ3n) is 8.39. The number of sulfonamides is 1. The Bertz CT molecular complexity index is 1770. The number of anilines is 3. The molecule has 1 spiro atoms. The Hall–Kier alpha value is -3.53. The molecule has 2 aliphatic rings. The first kappa shape index (κ1) is 27.6. The summed E-state index contributed by atoms with van der Waals surface area (Å²) < 4.78 is 41.0. The number of nitrogens with zero attached hydrogens (tertiary/aromatic N) is 7. The predicted octanol–water partition coefficient (Wildman–Crippen LogP) is 4.97. The number of pyridine rings is 1. The molecule has 12 heteroatoms. The van der Waals surface area contributed by atoms with Crippen LogP contribution in [0.25, 0.3) is 16.9 Å². The molecule has 0 radical (unpaired) electrons. The highest BCUT2D eigenvalue weighted by atomic mass is 32.2. The summed E-state index contributed by atoms with van der Waals surface area (Å²) in [4.78, 5) is 14.6. The van der Waals surface area contributed by atoms with Crippen molar-refractivity contribution in [2.45, 2.75) is 33.1 Å². The lowest BCUT2D eigenvalue weighted by atomic mass is 9.73. The Morgan fingerprint density at radius 3 is 2.46 bits per heavy atom. The molecule has 4 aromatic rings. The maximum absolute atomic E-state index is 13.5. The summed E-state index contributed by atoms with van der Waals surface area (Å²) in [6.07, 6.45) is 6.04. The topological polar surface area (TPSA) is 97.8 Å². The summed E-state index contributed by atoms with van der Waals surface area (Å²) in [6, 6.07) is 10.5. The number of aryl methyl sites for hydroxylation is 2. The smallest absolute Gasteiger partial charge is 0.211 e. The van der Waals surface area contributed by atoms with Crippen molar-refractivity contribution >= 4 is 43.6 Å². The summed E-state index contributed by atoms with van der Waals surface area (Å²) in [5.41, 5.74) is 5.28. The number of benzene rings is 1. The van der Waals surface area contributed by atoms with Crippen LogP contribution in [0.2, 0.25) is 0 Å². The molecule has 2 aliphatic heterocycles. The van der Waals surface area contributed by atoms with Crippen LogP contribution in [0.15, 0.2) is 36.5 Å². The summed E-state index contributed by atoms with van der Waals surface area (Å²) in [5.74, 6) is 0.560. The second-order valence-electron chi connectivity index (χ2n) is 11.2. The molecule has 214 valence electrons. The Balaban J connectivity index is 1.32. The molecule has 0 aliphatic carbocycles. The van der Waals surface area contributed by atoms with E-state index in [2.05, 4.69) is 41.5 Å². The van der Waals surface area contributed by atoms with Gasteiger partial charge in [-0.05, 0) is 62.1 Å². The number of hydrogen-bond acceptors (Lipinski definition) is 8. The number of aromatic nitrogens is 3. The van der Waals surface area contributed by atoms with Crippen LogP contribution in [-0.2, 0) is 16.4 Å². The van der Waals surface area contributed by atoms with Crippen molar-refractivity contribution in [2.75, 3.05) is 49.3 Å². The normalized spacial score (nSPS) is 17.1. The second-order valence-corrected chi connectivity index (χ2v) is 14.1. The quantitative estimate of drug-likeness (QED) is 0.311. The van der Waals surface area contributed by atoms with Crippen molar-refractivity contribution in [1.29, 1.82) is 5.26 Å². The van der Waals surface area contributed by atoms with E-state index in [-0.39, 0.29) is 11.2 Å². The second kappa shape index (κ2) is 10.1. The molecule has 0 bridgehead atoms. The van der Waals surface area contributed by atoms with E-state index in [0.717, 1.165) is 60.8 Å². The average Bonchev–Trinajstić information content (AvgIpc) is 3.53. The Morgan fingerprint density at radius 1 is 1.17 bits per heavy atom. The van der Waals surface area contributed by atoms with Gasteiger partial charge in [-0.25, -0.2) is 27.1 Å². The molecule has 1 aromatic carbocycles. The van der Waals surface area contributed by atoms with Gasteiger partial charge in [-0.15, -0.1) is 0 Å². The monoisotopic (exact) mass is 593 g/mol. The van der Waals surface area contributed by atoms with Crippen molar-refractivity contribution in [3.8, 4) is 17.3 Å². The van der Waals surface area contributed by atoms with Crippen molar-refractivity contribution in [3.05, 3.63) is 58.5 Å². The van der Waals surface area contributed by atoms with Gasteiger partial charge in [0.15, 0.2) is 5.13 Å². The van der Waals surface area contributed by atoms with E-state index in [9.17, 15) is 18.1 Å². The van der Waals surface area contributed by atoms with E-state index >= 15 is 0 Å². The minimum Gasteiger partial charge on any atom is -0.370 e. The van der Waals surface area contributed by atoms with E-state index in [4.69, 9.17) is 9.97 Å². The fourth-order valence-electron chi connectivity index (χ4n) is 6.01. The third-order valence-corrected chi connectivity index (χ3v) is 10.6. The van der Waals surface area contributed by atoms with E-state index in [1.807, 2.05) is 11.9 Å². The minimum atomic E-state index is -3.13. The lowest BCUT2D eigenvalue weighted by molar-refractivity contribution is 0.0443. The Kier molecular flexibility index (Phi) is 6.79. The number of rotatable bonds is 6. The molecule has 0 amide bonds. The van der Waals surface area contributed by atoms with Crippen LogP contribution in [0.5, 0.6) is 0 Å². The fraction of sp³-hybridized carbons (Fsp3) is 0.414. The molecule has 2 saturated heterocycles. The maximum Gasteiger partial charge on any atom is 0.211 e. The molecule has 5 heterocycles. The van der Waals surface area contributed by atoms with Crippen molar-refractivity contribution in [2.24, 2.45) is 5.41 Å². The predicted molar refractivity (Wildman–Crippen MR) is 160 cm³/mol. The SMILES string of the molecule is CCc1nc2c(C)cc(N3CCC4(CC3)CN(S(C)(=O)=O)C4)cn2c1N(C)c1nc(-c2ccc(F)cc2)c(C#N)s1. The molecule has 0 saturated carbocycles. The Labute approximate surface area is 243 Å². The van der Waals surface area contributed by atoms with Crippen LogP contribution < -0.4 is 9.80 Å². The van der Waals surface area contributed by atoms with Crippen molar-refractivity contribution in [3.63, 3.8) is 0 Å². The van der Waals surface area contributed by atoms with Gasteiger partial charge in [0.25, 0.3) is 0 Å². The van der Waals surface area contributed by atoms with Crippen LogP contribution in [0, 0.1) is 29.5 Å². The van der Waals surface area contributed by atoms with E-state index in [0.29, 0.717) is 34.4 Å². The number of hydrogen-bond donors (Lipinski definition) is 0. The highest BCUT2D eigenvalue weighted by molar-refractivity contribution is 7.88. The van der Waals surface area contributed by atoms with Gasteiger partial charge in [0.2, 0.25) is 10.0 Å². The van der Waals surface area contributed by atoms with Gasteiger partial charge in [-0.3, -0.25) is 4.40 Å². The first-order valence-corrected chi connectivity index (χ1v) is 16.3. The number of nitriles is 1. The molecular weight excluding hydrogens is 561 g/mol. The minimum absolute atomic E-state index is 0.0833. The number of halogens is 1. The highest BCUT2D eigenvalue weighted by Crippen LogP contribution is 2.43. The van der Waals surface area contributed by atoms with Crippen molar-refractivity contribution < 1.29 is 12.8 Å². The molecule has 9 nitrogen and oxygen atoms in total. The van der Waals surface area contributed by atoms with Crippen molar-refractivity contribution in [1.82, 2.24) is 18.7 Å². The number of thiazole rings is 1. The fourth-order valence-corrected chi connectivity index (χ4v) is 7.87. The molecule has 0 atom stereocenters. The lowest BCUT2D eigenvalue weighted by Crippen LogP contribution is -2.61. The van der Waals surface area contributed by atoms with Gasteiger partial charge >= 0.3 is 0 Å². The molecule has 3 aromatic heterocycles. The summed E-state index contributed by atoms with van der Waals surface area (Å²) >= 11 is 1.30. The third kappa shape index (κ3) is 4.86. The molecule has 41 heavy (non-hydrogen) atoms. The van der Waals surface area contributed by atoms with Gasteiger partial charge in [0, 0.05) is 50.4 Å². The zero-order chi connectivity index (χ0) is 29.1. The van der Waals surface area contributed by atoms with Gasteiger partial charge in [-0.1, -0.05) is 18.3 Å². The van der Waals surface area contributed by atoms with Crippen LogP contribution >= 0.6 is 11.3 Å². The Morgan fingerprint density at radius 2 is 1.85 bits per heavy atom. The molecule has 0 unspecified atom stereocenters. The molecule has 0 N–H and O–H groups in total. The largest absolute Gasteiger partial charge is 0.370 e. The molecular formula is C29H32FN7O2S2. The molecule has 2 fully saturated rings. The van der Waals surface area contributed by atoms with Crippen LogP contribution in [0.1, 0.15) is 35.9 Å². The van der Waals surface area contributed by atoms with Crippen LogP contribution in [-0.4, -0.2) is 66.6 Å². The zero-order valence-corrected chi connectivity index (χ0v) is 25.2. The average molecular weight is 594 g/mol. The van der Waals surface area contributed by atoms with E-state index in [1.165, 1.54) is 29.7 Å². The standard InChI is InChI=1S/C29H32FN7O2S2/c1-5-23-27(34(3)28-33-25(24(15-31)40-28)20-6-8-21(30)9-7-20)37-16-22(14-19(2)26(37)32-23)35-12-10-29(11-13-35)17-36(18-29)41(4,38)39/h6-9,14,16H,5,10-13,17-18H2,1-4H3. The lowest BCUT2D eigenvalue weighted by Gasteiger charge is -2.53. The van der Waals surface area contributed by atoms with E-state index < -0.39 is 10.0 Å². The van der Waals surface area contributed by atoms with E-state index in [1.54, 1.807) is 16.4 Å². The summed E-state index contributed by atoms with van der Waals surface area (Å²) in [7, 11) is -1.19. The van der Waals surface area contributed by atoms with Gasteiger partial charge in [0.05, 0.1) is 17.6 Å². The summed E-state index contributed by atoms with van der Waals surface area (Å²) in [6.45, 7) is 7.10. The first-order valence-electron chi connectivity index (χ1n) is 13.6. The number of piperidine rings is 1.